The maximum atomic E-state index is 12.0. The number of rotatable bonds is 9. The predicted octanol–water partition coefficient (Wildman–Crippen LogP) is 0.376. The fourth-order valence-electron chi connectivity index (χ4n) is 2.18. The molecule has 2 N–H and O–H groups in total. The van der Waals surface area contributed by atoms with E-state index in [1.807, 2.05) is 6.92 Å². The Morgan fingerprint density at radius 1 is 1.50 bits per heavy atom. The number of carbonyl (C=O) groups is 1. The number of hydrogen-bond donors (Lipinski definition) is 2. The van der Waals surface area contributed by atoms with E-state index in [2.05, 4.69) is 5.32 Å². The van der Waals surface area contributed by atoms with E-state index in [0.29, 0.717) is 38.8 Å². The van der Waals surface area contributed by atoms with Crippen molar-refractivity contribution < 1.29 is 14.6 Å². The number of nitrogens with one attached hydrogen (secondary N) is 1. The molecule has 0 aliphatic carbocycles. The van der Waals surface area contributed by atoms with E-state index in [9.17, 15) is 4.79 Å². The van der Waals surface area contributed by atoms with Crippen molar-refractivity contribution in [1.82, 2.24) is 10.2 Å². The van der Waals surface area contributed by atoms with Crippen LogP contribution >= 0.6 is 0 Å². The minimum atomic E-state index is 0.0221. The SMILES string of the molecule is CCCOCCC(=O)N(CCO)CC1CCCN1. The molecule has 5 nitrogen and oxygen atoms in total. The molecule has 0 spiro atoms. The molecule has 0 saturated carbocycles. The van der Waals surface area contributed by atoms with Crippen LogP contribution in [-0.4, -0.2) is 61.4 Å². The van der Waals surface area contributed by atoms with Gasteiger partial charge in [-0.05, 0) is 25.8 Å². The zero-order chi connectivity index (χ0) is 13.2. The van der Waals surface area contributed by atoms with Gasteiger partial charge in [-0.1, -0.05) is 6.92 Å². The molecule has 1 atom stereocenters. The van der Waals surface area contributed by atoms with Crippen LogP contribution in [0.2, 0.25) is 0 Å². The highest BCUT2D eigenvalue weighted by atomic mass is 16.5. The Balaban J connectivity index is 2.27. The van der Waals surface area contributed by atoms with Crippen molar-refractivity contribution in [2.45, 2.75) is 38.6 Å². The van der Waals surface area contributed by atoms with Crippen LogP contribution in [0.5, 0.6) is 0 Å². The van der Waals surface area contributed by atoms with Gasteiger partial charge in [0.15, 0.2) is 0 Å². The number of amides is 1. The summed E-state index contributed by atoms with van der Waals surface area (Å²) < 4.78 is 5.33. The lowest BCUT2D eigenvalue weighted by Gasteiger charge is -2.25. The Morgan fingerprint density at radius 3 is 2.94 bits per heavy atom. The van der Waals surface area contributed by atoms with Crippen molar-refractivity contribution in [2.75, 3.05) is 39.5 Å². The molecule has 1 amide bonds. The van der Waals surface area contributed by atoms with Gasteiger partial charge in [0.25, 0.3) is 0 Å². The minimum Gasteiger partial charge on any atom is -0.395 e. The Morgan fingerprint density at radius 2 is 2.33 bits per heavy atom. The van der Waals surface area contributed by atoms with Crippen molar-refractivity contribution in [3.05, 3.63) is 0 Å². The molecule has 1 rings (SSSR count). The van der Waals surface area contributed by atoms with E-state index in [1.165, 1.54) is 6.42 Å². The van der Waals surface area contributed by atoms with Crippen LogP contribution in [0, 0.1) is 0 Å². The molecule has 0 aromatic rings. The molecule has 106 valence electrons. The molecule has 1 aliphatic heterocycles. The van der Waals surface area contributed by atoms with Crippen LogP contribution in [-0.2, 0) is 9.53 Å². The van der Waals surface area contributed by atoms with Crippen molar-refractivity contribution in [3.8, 4) is 0 Å². The van der Waals surface area contributed by atoms with Crippen molar-refractivity contribution >= 4 is 5.91 Å². The molecule has 5 heteroatoms. The van der Waals surface area contributed by atoms with Gasteiger partial charge in [0.2, 0.25) is 5.91 Å². The second-order valence-corrected chi connectivity index (χ2v) is 4.72. The Bertz CT molecular complexity index is 230. The fraction of sp³-hybridized carbons (Fsp3) is 0.923. The minimum absolute atomic E-state index is 0.0221. The lowest BCUT2D eigenvalue weighted by molar-refractivity contribution is -0.133. The van der Waals surface area contributed by atoms with Crippen molar-refractivity contribution in [3.63, 3.8) is 0 Å². The maximum absolute atomic E-state index is 12.0. The lowest BCUT2D eigenvalue weighted by atomic mass is 10.2. The Hall–Kier alpha value is -0.650. The van der Waals surface area contributed by atoms with Gasteiger partial charge < -0.3 is 20.1 Å². The van der Waals surface area contributed by atoms with E-state index in [-0.39, 0.29) is 12.5 Å². The third-order valence-electron chi connectivity index (χ3n) is 3.13. The third kappa shape index (κ3) is 5.80. The van der Waals surface area contributed by atoms with Gasteiger partial charge in [0.05, 0.1) is 19.6 Å². The zero-order valence-corrected chi connectivity index (χ0v) is 11.4. The van der Waals surface area contributed by atoms with Gasteiger partial charge in [0, 0.05) is 25.7 Å². The van der Waals surface area contributed by atoms with Gasteiger partial charge in [0.1, 0.15) is 0 Å². The van der Waals surface area contributed by atoms with Gasteiger partial charge in [-0.2, -0.15) is 0 Å². The average Bonchev–Trinajstić information content (AvgIpc) is 2.87. The summed E-state index contributed by atoms with van der Waals surface area (Å²) in [4.78, 5) is 13.7. The van der Waals surface area contributed by atoms with Crippen LogP contribution in [0.25, 0.3) is 0 Å². The largest absolute Gasteiger partial charge is 0.395 e. The molecule has 1 heterocycles. The first kappa shape index (κ1) is 15.4. The topological polar surface area (TPSA) is 61.8 Å². The standard InChI is InChI=1S/C13H26N2O3/c1-2-9-18-10-5-13(17)15(7-8-16)11-12-4-3-6-14-12/h12,14,16H,2-11H2,1H3. The monoisotopic (exact) mass is 258 g/mol. The quantitative estimate of drug-likeness (QED) is 0.587. The zero-order valence-electron chi connectivity index (χ0n) is 11.4. The number of carbonyl (C=O) groups excluding carboxylic acids is 1. The molecule has 0 bridgehead atoms. The second kappa shape index (κ2) is 9.30. The van der Waals surface area contributed by atoms with Crippen LogP contribution in [0.4, 0.5) is 0 Å². The number of ether oxygens (including phenoxy) is 1. The summed E-state index contributed by atoms with van der Waals surface area (Å²) in [5.41, 5.74) is 0. The molecule has 1 saturated heterocycles. The number of hydrogen-bond acceptors (Lipinski definition) is 4. The first-order chi connectivity index (χ1) is 8.77. The van der Waals surface area contributed by atoms with E-state index in [1.54, 1.807) is 4.90 Å². The fourth-order valence-corrected chi connectivity index (χ4v) is 2.18. The summed E-state index contributed by atoms with van der Waals surface area (Å²) in [5, 5.41) is 12.4. The maximum Gasteiger partial charge on any atom is 0.225 e. The number of aliphatic hydroxyl groups is 1. The predicted molar refractivity (Wildman–Crippen MR) is 70.4 cm³/mol. The molecule has 1 aliphatic rings. The Kier molecular flexibility index (Phi) is 7.96. The summed E-state index contributed by atoms with van der Waals surface area (Å²) in [6, 6.07) is 0.386. The molecule has 18 heavy (non-hydrogen) atoms. The summed E-state index contributed by atoms with van der Waals surface area (Å²) in [5.74, 6) is 0.0776. The summed E-state index contributed by atoms with van der Waals surface area (Å²) in [6.07, 6.45) is 3.67. The second-order valence-electron chi connectivity index (χ2n) is 4.72. The van der Waals surface area contributed by atoms with Crippen molar-refractivity contribution in [1.29, 1.82) is 0 Å². The molecule has 0 aromatic carbocycles. The highest BCUT2D eigenvalue weighted by molar-refractivity contribution is 5.76. The average molecular weight is 258 g/mol. The van der Waals surface area contributed by atoms with E-state index < -0.39 is 0 Å². The summed E-state index contributed by atoms with van der Waals surface area (Å²) >= 11 is 0. The highest BCUT2D eigenvalue weighted by Gasteiger charge is 2.20. The summed E-state index contributed by atoms with van der Waals surface area (Å²) in [7, 11) is 0. The highest BCUT2D eigenvalue weighted by Crippen LogP contribution is 2.08. The normalized spacial score (nSPS) is 19.1. The third-order valence-corrected chi connectivity index (χ3v) is 3.13. The van der Waals surface area contributed by atoms with Crippen LogP contribution in [0.15, 0.2) is 0 Å². The van der Waals surface area contributed by atoms with Gasteiger partial charge in [-0.15, -0.1) is 0 Å². The van der Waals surface area contributed by atoms with Gasteiger partial charge >= 0.3 is 0 Å². The molecule has 1 unspecified atom stereocenters. The molecule has 0 aromatic heterocycles. The van der Waals surface area contributed by atoms with E-state index in [0.717, 1.165) is 19.4 Å². The lowest BCUT2D eigenvalue weighted by Crippen LogP contribution is -2.42. The van der Waals surface area contributed by atoms with Gasteiger partial charge in [-0.3, -0.25) is 4.79 Å². The van der Waals surface area contributed by atoms with E-state index >= 15 is 0 Å². The van der Waals surface area contributed by atoms with Gasteiger partial charge in [-0.25, -0.2) is 0 Å². The first-order valence-corrected chi connectivity index (χ1v) is 6.97. The van der Waals surface area contributed by atoms with Crippen LogP contribution in [0.3, 0.4) is 0 Å². The summed E-state index contributed by atoms with van der Waals surface area (Å²) in [6.45, 7) is 5.41. The molecule has 0 radical (unpaired) electrons. The first-order valence-electron chi connectivity index (χ1n) is 6.97. The number of nitrogens with zero attached hydrogens (tertiary/aromatic N) is 1. The molecular formula is C13H26N2O3. The van der Waals surface area contributed by atoms with Crippen molar-refractivity contribution in [2.24, 2.45) is 0 Å². The molecule has 1 fully saturated rings. The smallest absolute Gasteiger partial charge is 0.225 e. The Labute approximate surface area is 109 Å². The van der Waals surface area contributed by atoms with E-state index in [4.69, 9.17) is 9.84 Å². The molecular weight excluding hydrogens is 232 g/mol. The van der Waals surface area contributed by atoms with Crippen LogP contribution in [0.1, 0.15) is 32.6 Å². The number of aliphatic hydroxyl groups excluding tert-OH is 1. The van der Waals surface area contributed by atoms with Crippen LogP contribution < -0.4 is 5.32 Å².